The van der Waals surface area contributed by atoms with Crippen LogP contribution in [0.5, 0.6) is 11.5 Å². The first kappa shape index (κ1) is 18.8. The number of ether oxygens (including phenoxy) is 3. The van der Waals surface area contributed by atoms with Crippen molar-refractivity contribution in [1.29, 1.82) is 0 Å². The van der Waals surface area contributed by atoms with Gasteiger partial charge in [0.15, 0.2) is 5.60 Å². The van der Waals surface area contributed by atoms with Gasteiger partial charge >= 0.3 is 11.7 Å². The highest BCUT2D eigenvalue weighted by Crippen LogP contribution is 2.48. The van der Waals surface area contributed by atoms with E-state index in [2.05, 4.69) is 4.98 Å². The third-order valence-electron chi connectivity index (χ3n) is 6.34. The molecule has 0 fully saturated rings. The van der Waals surface area contributed by atoms with Crippen molar-refractivity contribution in [1.82, 2.24) is 9.55 Å². The van der Waals surface area contributed by atoms with E-state index in [1.165, 1.54) is 16.7 Å². The Balaban J connectivity index is 1.66. The van der Waals surface area contributed by atoms with Crippen LogP contribution < -0.4 is 15.0 Å². The zero-order chi connectivity index (χ0) is 22.4. The van der Waals surface area contributed by atoms with E-state index in [9.17, 15) is 24.8 Å². The molecule has 32 heavy (non-hydrogen) atoms. The van der Waals surface area contributed by atoms with Crippen molar-refractivity contribution < 1.29 is 29.0 Å². The van der Waals surface area contributed by atoms with Crippen molar-refractivity contribution in [3.8, 4) is 22.9 Å². The lowest BCUT2D eigenvalue weighted by Gasteiger charge is -2.31. The number of nitro groups is 1. The minimum Gasteiger partial charge on any atom is -0.458 e. The predicted octanol–water partition coefficient (Wildman–Crippen LogP) is 1.72. The van der Waals surface area contributed by atoms with Crippen LogP contribution >= 0.6 is 0 Å². The van der Waals surface area contributed by atoms with Gasteiger partial charge in [0.05, 0.1) is 39.3 Å². The quantitative estimate of drug-likeness (QED) is 0.282. The molecule has 3 aliphatic heterocycles. The molecular formula is C21H15N3O8. The zero-order valence-electron chi connectivity index (χ0n) is 16.7. The van der Waals surface area contributed by atoms with Gasteiger partial charge in [0.2, 0.25) is 12.5 Å². The second-order valence-corrected chi connectivity index (χ2v) is 7.84. The number of nitrogens with zero attached hydrogens (tertiary/aromatic N) is 3. The number of hydrogen-bond donors (Lipinski definition) is 1. The molecule has 1 atom stereocenters. The summed E-state index contributed by atoms with van der Waals surface area (Å²) in [6.07, 6.45) is 0.0401. The van der Waals surface area contributed by atoms with E-state index in [0.717, 1.165) is 0 Å². The fourth-order valence-corrected chi connectivity index (χ4v) is 4.69. The number of aliphatic hydroxyl groups is 1. The minimum atomic E-state index is -1.92. The van der Waals surface area contributed by atoms with E-state index in [0.29, 0.717) is 33.6 Å². The monoisotopic (exact) mass is 437 g/mol. The molecule has 11 nitrogen and oxygen atoms in total. The Morgan fingerprint density at radius 2 is 2.00 bits per heavy atom. The highest BCUT2D eigenvalue weighted by atomic mass is 16.7. The van der Waals surface area contributed by atoms with Crippen LogP contribution in [0.15, 0.2) is 23.0 Å². The maximum Gasteiger partial charge on any atom is 0.343 e. The smallest absolute Gasteiger partial charge is 0.343 e. The summed E-state index contributed by atoms with van der Waals surface area (Å²) < 4.78 is 17.7. The molecule has 3 aromatic rings. The molecule has 11 heteroatoms. The molecule has 1 aromatic carbocycles. The summed E-state index contributed by atoms with van der Waals surface area (Å²) in [5.41, 5.74) is -0.232. The molecule has 0 amide bonds. The average Bonchev–Trinajstić information content (AvgIpc) is 3.16. The molecule has 5 heterocycles. The molecule has 1 N–H and O–H groups in total. The van der Waals surface area contributed by atoms with Gasteiger partial charge in [-0.15, -0.1) is 0 Å². The summed E-state index contributed by atoms with van der Waals surface area (Å²) in [6.45, 7) is 1.31. The standard InChI is InChI=1S/C21H15N3O8/c1-2-21(27)11-5-14-16-9(6-23(14)19(25)10(11)7-30-20(21)26)17-15-12(22-16)3-4-13(24(28)29)18(15)32-8-31-17/h3-5,27H,2,6-8H2,1H3. The molecule has 1 unspecified atom stereocenters. The van der Waals surface area contributed by atoms with E-state index >= 15 is 0 Å². The average molecular weight is 437 g/mol. The normalized spacial score (nSPS) is 20.0. The Hall–Kier alpha value is -3.99. The summed E-state index contributed by atoms with van der Waals surface area (Å²) >= 11 is 0. The van der Waals surface area contributed by atoms with E-state index in [1.54, 1.807) is 13.0 Å². The fourth-order valence-electron chi connectivity index (χ4n) is 4.69. The molecule has 0 saturated heterocycles. The maximum absolute atomic E-state index is 13.3. The topological polar surface area (TPSA) is 143 Å². The molecule has 0 aliphatic carbocycles. The third kappa shape index (κ3) is 2.15. The van der Waals surface area contributed by atoms with Crippen LogP contribution in [0.2, 0.25) is 0 Å². The number of rotatable bonds is 2. The highest BCUT2D eigenvalue weighted by Gasteiger charge is 2.45. The van der Waals surface area contributed by atoms with Crippen LogP contribution in [0.3, 0.4) is 0 Å². The Morgan fingerprint density at radius 3 is 2.75 bits per heavy atom. The van der Waals surface area contributed by atoms with Gasteiger partial charge in [-0.3, -0.25) is 14.9 Å². The Labute approximate surface area is 178 Å². The van der Waals surface area contributed by atoms with Gasteiger partial charge in [-0.05, 0) is 18.6 Å². The highest BCUT2D eigenvalue weighted by molar-refractivity contribution is 5.98. The molecular weight excluding hydrogens is 422 g/mol. The SMILES string of the molecule is CCC1(O)C(=O)OCc2c1cc1n(c2=O)Cc2c-1nc1ccc([N+](=O)[O-])c3c1c2OCO3. The summed E-state index contributed by atoms with van der Waals surface area (Å²) in [7, 11) is 0. The number of hydrogen-bond acceptors (Lipinski definition) is 9. The van der Waals surface area contributed by atoms with Crippen LogP contribution in [-0.2, 0) is 28.3 Å². The summed E-state index contributed by atoms with van der Waals surface area (Å²) in [4.78, 5) is 41.1. The lowest BCUT2D eigenvalue weighted by Crippen LogP contribution is -2.44. The number of esters is 1. The van der Waals surface area contributed by atoms with Crippen molar-refractivity contribution in [2.45, 2.75) is 32.1 Å². The van der Waals surface area contributed by atoms with Crippen molar-refractivity contribution >= 4 is 22.6 Å². The van der Waals surface area contributed by atoms with Crippen LogP contribution in [0.4, 0.5) is 5.69 Å². The number of benzene rings is 1. The lowest BCUT2D eigenvalue weighted by molar-refractivity contribution is -0.386. The molecule has 162 valence electrons. The molecule has 3 aliphatic rings. The minimum absolute atomic E-state index is 0.0401. The molecule has 6 rings (SSSR count). The number of aromatic nitrogens is 2. The molecule has 0 radical (unpaired) electrons. The van der Waals surface area contributed by atoms with Crippen LogP contribution in [0.25, 0.3) is 22.3 Å². The Morgan fingerprint density at radius 1 is 1.22 bits per heavy atom. The second-order valence-electron chi connectivity index (χ2n) is 7.84. The van der Waals surface area contributed by atoms with Crippen LogP contribution in [-0.4, -0.2) is 32.3 Å². The number of carbonyl (C=O) groups is 1. The zero-order valence-corrected chi connectivity index (χ0v) is 16.7. The number of pyridine rings is 2. The largest absolute Gasteiger partial charge is 0.458 e. The maximum atomic E-state index is 13.3. The van der Waals surface area contributed by atoms with E-state index < -0.39 is 22.1 Å². The number of fused-ring (bicyclic) bond motifs is 5. The molecule has 2 aromatic heterocycles. The van der Waals surface area contributed by atoms with Gasteiger partial charge in [-0.1, -0.05) is 6.92 Å². The van der Waals surface area contributed by atoms with Crippen LogP contribution in [0, 0.1) is 10.1 Å². The molecule has 0 spiro atoms. The lowest BCUT2D eigenvalue weighted by atomic mass is 9.86. The summed E-state index contributed by atoms with van der Waals surface area (Å²) in [5, 5.41) is 22.8. The first-order chi connectivity index (χ1) is 15.3. The third-order valence-corrected chi connectivity index (χ3v) is 6.34. The van der Waals surface area contributed by atoms with E-state index in [1.807, 2.05) is 0 Å². The van der Waals surface area contributed by atoms with Gasteiger partial charge < -0.3 is 23.9 Å². The second kappa shape index (κ2) is 6.04. The van der Waals surface area contributed by atoms with E-state index in [4.69, 9.17) is 14.2 Å². The van der Waals surface area contributed by atoms with Gasteiger partial charge in [0.1, 0.15) is 12.4 Å². The number of nitro benzene ring substituents is 1. The summed E-state index contributed by atoms with van der Waals surface area (Å²) in [6, 6.07) is 4.41. The number of cyclic esters (lactones) is 1. The van der Waals surface area contributed by atoms with Gasteiger partial charge in [-0.2, -0.15) is 0 Å². The van der Waals surface area contributed by atoms with Crippen molar-refractivity contribution in [3.63, 3.8) is 0 Å². The first-order valence-corrected chi connectivity index (χ1v) is 9.92. The van der Waals surface area contributed by atoms with Gasteiger partial charge in [0, 0.05) is 17.2 Å². The van der Waals surface area contributed by atoms with Gasteiger partial charge in [-0.25, -0.2) is 9.78 Å². The predicted molar refractivity (Wildman–Crippen MR) is 107 cm³/mol. The van der Waals surface area contributed by atoms with E-state index in [-0.39, 0.29) is 48.9 Å². The number of carbonyl (C=O) groups excluding carboxylic acids is 1. The summed E-state index contributed by atoms with van der Waals surface area (Å²) in [5.74, 6) is -0.353. The fraction of sp³-hybridized carbons (Fsp3) is 0.286. The van der Waals surface area contributed by atoms with Gasteiger partial charge in [0.25, 0.3) is 5.56 Å². The van der Waals surface area contributed by atoms with Crippen molar-refractivity contribution in [2.75, 3.05) is 6.79 Å². The Kier molecular flexibility index (Phi) is 3.54. The van der Waals surface area contributed by atoms with Crippen molar-refractivity contribution in [2.24, 2.45) is 0 Å². The first-order valence-electron chi connectivity index (χ1n) is 9.92. The Bertz CT molecular complexity index is 1460. The van der Waals surface area contributed by atoms with Crippen molar-refractivity contribution in [3.05, 3.63) is 55.4 Å². The van der Waals surface area contributed by atoms with Crippen LogP contribution in [0.1, 0.15) is 30.0 Å². The molecule has 0 bridgehead atoms. The molecule has 0 saturated carbocycles.